The fourth-order valence-electron chi connectivity index (χ4n) is 6.75. The summed E-state index contributed by atoms with van der Waals surface area (Å²) in [5.74, 6) is -3.09. The molecule has 0 N–H and O–H groups in total. The Hall–Kier alpha value is -6.01. The molecule has 0 spiro atoms. The van der Waals surface area contributed by atoms with Crippen LogP contribution in [0.3, 0.4) is 0 Å². The Bertz CT molecular complexity index is 4390. The van der Waals surface area contributed by atoms with Crippen molar-refractivity contribution >= 4 is 79.2 Å². The molecule has 0 saturated carbocycles. The molecular formula is C48H32BNOSSi. The smallest absolute Gasteiger partial charge is 0.289 e. The molecule has 0 atom stereocenters. The van der Waals surface area contributed by atoms with Gasteiger partial charge in [0, 0.05) is 21.7 Å². The lowest BCUT2D eigenvalue weighted by Crippen LogP contribution is -2.74. The number of hydrogen-bond acceptors (Lipinski definition) is 2. The van der Waals surface area contributed by atoms with Crippen molar-refractivity contribution in [1.82, 2.24) is 4.57 Å². The third-order valence-electron chi connectivity index (χ3n) is 8.92. The number of fused-ring (bicyclic) bond motifs is 7. The van der Waals surface area contributed by atoms with Crippen LogP contribution in [0.4, 0.5) is 0 Å². The number of rotatable bonds is 5. The van der Waals surface area contributed by atoms with Gasteiger partial charge < -0.3 is 9.30 Å². The van der Waals surface area contributed by atoms with E-state index in [9.17, 15) is 19.2 Å². The largest absolute Gasteiger partial charge is 0.458 e. The van der Waals surface area contributed by atoms with Gasteiger partial charge in [-0.3, -0.25) is 0 Å². The molecule has 0 unspecified atom stereocenters. The molecule has 0 amide bonds. The van der Waals surface area contributed by atoms with Crippen molar-refractivity contribution < 1.29 is 48.6 Å². The number of nitrogens with zero attached hydrogens (tertiary/aromatic N) is 1. The third kappa shape index (κ3) is 4.54. The van der Waals surface area contributed by atoms with Gasteiger partial charge >= 0.3 is 0 Å². The van der Waals surface area contributed by atoms with Gasteiger partial charge in [0.25, 0.3) is 5.99 Å². The Morgan fingerprint density at radius 2 is 1.04 bits per heavy atom. The maximum atomic E-state index is 10.6. The van der Waals surface area contributed by atoms with Crippen LogP contribution in [0.25, 0.3) is 38.6 Å². The molecule has 9 aromatic rings. The highest BCUT2D eigenvalue weighted by atomic mass is 32.2. The van der Waals surface area contributed by atoms with E-state index >= 15 is 0 Å². The van der Waals surface area contributed by atoms with Gasteiger partial charge in [0.15, 0.2) is 8.07 Å². The first-order chi connectivity index (χ1) is 39.6. The minimum atomic E-state index is -6.39. The zero-order chi connectivity index (χ0) is 62.8. The van der Waals surface area contributed by atoms with E-state index in [2.05, 4.69) is 0 Å². The van der Waals surface area contributed by atoms with Gasteiger partial charge in [-0.2, -0.15) is 11.6 Å². The fourth-order valence-corrected chi connectivity index (χ4v) is 11.7. The molecule has 1 aromatic heterocycles. The number of ether oxygens (including phenoxy) is 1. The first-order valence-corrected chi connectivity index (χ1v) is 18.5. The van der Waals surface area contributed by atoms with Crippen LogP contribution in [0.5, 0.6) is 11.5 Å². The number of benzene rings is 8. The van der Waals surface area contributed by atoms with E-state index in [0.29, 0.717) is 11.6 Å². The minimum absolute atomic E-state index is 0.358. The SMILES string of the molecule is [2H]c1c([2H])c([2H])c([Si](c2c([2H])c([2H])c([2H])c([2H])c2[2H])(c2c([2H])c([2H])c([2H])c([2H])c2[2H])c2c([2H])c([2H])c3c(c2[2H])SB2c4c([2H])c([2H])c([2H])c([2H])c4Oc4c([2H])c(-n5c6c([2H])c([2H])c([2H])c([2H])c6c6c([2H])c([2H])c([2H])c([2H])c65)c([2H])c-3c42)c([2H])c1[2H]. The number of para-hydroxylation sites is 3. The molecule has 0 aliphatic carbocycles. The van der Waals surface area contributed by atoms with Gasteiger partial charge in [0.1, 0.15) is 11.5 Å². The summed E-state index contributed by atoms with van der Waals surface area (Å²) in [4.78, 5) is -0.646. The molecule has 2 aliphatic rings. The van der Waals surface area contributed by atoms with Crippen molar-refractivity contribution in [2.75, 3.05) is 0 Å². The van der Waals surface area contributed by atoms with Gasteiger partial charge in [-0.05, 0) is 73.0 Å². The Morgan fingerprint density at radius 1 is 0.491 bits per heavy atom. The number of hydrogen-bond donors (Lipinski definition) is 0. The van der Waals surface area contributed by atoms with E-state index in [4.69, 9.17) is 29.4 Å². The predicted octanol–water partition coefficient (Wildman–Crippen LogP) is 8.15. The normalized spacial score (nSPS) is 21.4. The summed E-state index contributed by atoms with van der Waals surface area (Å²) in [6.45, 7) is 0. The molecule has 53 heavy (non-hydrogen) atoms. The molecule has 3 heterocycles. The zero-order valence-corrected chi connectivity index (χ0v) is 28.2. The van der Waals surface area contributed by atoms with Crippen LogP contribution in [0.1, 0.15) is 43.9 Å². The Balaban J connectivity index is 1.45. The first kappa shape index (κ1) is 12.6. The van der Waals surface area contributed by atoms with E-state index in [-0.39, 0.29) is 5.46 Å². The van der Waals surface area contributed by atoms with Crippen molar-refractivity contribution in [2.24, 2.45) is 0 Å². The lowest BCUT2D eigenvalue weighted by molar-refractivity contribution is 0.487. The van der Waals surface area contributed by atoms with Crippen LogP contribution in [-0.2, 0) is 0 Å². The van der Waals surface area contributed by atoms with Gasteiger partial charge in [-0.15, -0.1) is 0 Å². The zero-order valence-electron chi connectivity index (χ0n) is 58.3. The average molecular weight is 742 g/mol. The fraction of sp³-hybridized carbons (Fsp3) is 0. The van der Waals surface area contributed by atoms with Crippen molar-refractivity contribution in [1.29, 1.82) is 0 Å². The molecule has 0 radical (unpaired) electrons. The monoisotopic (exact) mass is 741 g/mol. The quantitative estimate of drug-likeness (QED) is 0.131. The van der Waals surface area contributed by atoms with E-state index in [1.807, 2.05) is 0 Å². The highest BCUT2D eigenvalue weighted by Gasteiger charge is 2.44. The average Bonchev–Trinajstić information content (AvgIpc) is 1.17. The summed E-state index contributed by atoms with van der Waals surface area (Å²) in [6, 6.07) is -33.8. The molecule has 248 valence electrons. The standard InChI is InChI=1S/C48H32BNOSSi/c1-4-16-34(17-5-1)53(35-18-6-2-7-19-35,36-20-8-3-9-21-36)37-28-29-40-41-30-33(50-43-25-13-10-22-38(43)39-23-11-14-26-44(39)50)31-46-48(41)49(52-47(40)32-37)42-24-12-15-27-45(42)51-46/h1-32H/i1D,2D,3D,4D,5D,6D,7D,8D,9D,10D,11D,12D,13D,14D,15D,16D,17D,18D,19D,20D,21D,22D,23D,24D,25D,26D,27D,28D,29D,30D,31D,32D. The third-order valence-corrected chi connectivity index (χ3v) is 14.2. The lowest BCUT2D eigenvalue weighted by Gasteiger charge is -2.36. The second-order valence-electron chi connectivity index (χ2n) is 11.5. The maximum absolute atomic E-state index is 10.6. The summed E-state index contributed by atoms with van der Waals surface area (Å²) in [5, 5.41) is -5.48. The topological polar surface area (TPSA) is 14.2 Å². The molecule has 0 bridgehead atoms. The molecular weight excluding hydrogens is 677 g/mol. The van der Waals surface area contributed by atoms with E-state index in [1.54, 1.807) is 0 Å². The van der Waals surface area contributed by atoms with Crippen molar-refractivity contribution in [2.45, 2.75) is 4.90 Å². The Kier molecular flexibility index (Phi) is 2.85. The maximum Gasteiger partial charge on any atom is 0.289 e. The minimum Gasteiger partial charge on any atom is -0.458 e. The summed E-state index contributed by atoms with van der Waals surface area (Å²) in [7, 11) is -6.39. The van der Waals surface area contributed by atoms with Crippen LogP contribution in [-0.4, -0.2) is 18.6 Å². The molecule has 2 aliphatic heterocycles. The van der Waals surface area contributed by atoms with Crippen molar-refractivity contribution in [3.8, 4) is 28.3 Å². The summed E-state index contributed by atoms with van der Waals surface area (Å²) >= 11 is 0.439. The summed E-state index contributed by atoms with van der Waals surface area (Å²) in [5.41, 5.74) is -4.18. The first-order valence-electron chi connectivity index (χ1n) is 31.6. The van der Waals surface area contributed by atoms with Crippen molar-refractivity contribution in [3.63, 3.8) is 0 Å². The molecule has 0 saturated heterocycles. The second-order valence-corrected chi connectivity index (χ2v) is 16.2. The van der Waals surface area contributed by atoms with Gasteiger partial charge in [0.2, 0.25) is 0 Å². The highest BCUT2D eigenvalue weighted by molar-refractivity contribution is 8.28. The molecule has 11 rings (SSSR count). The van der Waals surface area contributed by atoms with E-state index in [0.717, 1.165) is 4.57 Å². The van der Waals surface area contributed by atoms with Crippen LogP contribution >= 0.6 is 11.6 Å². The van der Waals surface area contributed by atoms with Crippen LogP contribution in [0.2, 0.25) is 0 Å². The molecule has 2 nitrogen and oxygen atoms in total. The van der Waals surface area contributed by atoms with Crippen LogP contribution in [0.15, 0.2) is 198 Å². The molecule has 0 fully saturated rings. The molecule has 5 heteroatoms. The highest BCUT2D eigenvalue weighted by Crippen LogP contribution is 2.44. The second kappa shape index (κ2) is 12.0. The molecule has 8 aromatic carbocycles. The summed E-state index contributed by atoms with van der Waals surface area (Å²) < 4.78 is 303. The van der Waals surface area contributed by atoms with Gasteiger partial charge in [0.05, 0.1) is 60.6 Å². The predicted molar refractivity (Wildman–Crippen MR) is 227 cm³/mol. The Labute approximate surface area is 359 Å². The summed E-state index contributed by atoms with van der Waals surface area (Å²) in [6.07, 6.45) is 0. The van der Waals surface area contributed by atoms with E-state index in [1.165, 1.54) is 0 Å². The van der Waals surface area contributed by atoms with E-state index < -0.39 is 289 Å². The van der Waals surface area contributed by atoms with Crippen LogP contribution < -0.4 is 36.4 Å². The Morgan fingerprint density at radius 3 is 1.66 bits per heavy atom. The number of aromatic nitrogens is 1. The van der Waals surface area contributed by atoms with Gasteiger partial charge in [-0.25, -0.2) is 0 Å². The van der Waals surface area contributed by atoms with Gasteiger partial charge in [-0.1, -0.05) is 157 Å². The van der Waals surface area contributed by atoms with Crippen LogP contribution in [0, 0.1) is 0 Å². The lowest BCUT2D eigenvalue weighted by atomic mass is 9.57. The van der Waals surface area contributed by atoms with Crippen molar-refractivity contribution in [3.05, 3.63) is 193 Å².